The maximum Gasteiger partial charge on any atom is 0.387 e. The highest BCUT2D eigenvalue weighted by Gasteiger charge is 2.24. The molecule has 122 valence electrons. The molecule has 1 aliphatic rings. The van der Waals surface area contributed by atoms with Crippen LogP contribution in [0.25, 0.3) is 0 Å². The van der Waals surface area contributed by atoms with Crippen LogP contribution in [0.3, 0.4) is 0 Å². The number of rotatable bonds is 8. The molecular formula is C15H20F2N2O3. The van der Waals surface area contributed by atoms with Crippen LogP contribution in [0, 0.1) is 5.92 Å². The average molecular weight is 314 g/mol. The van der Waals surface area contributed by atoms with E-state index in [4.69, 9.17) is 4.74 Å². The van der Waals surface area contributed by atoms with Gasteiger partial charge in [0.05, 0.1) is 12.5 Å². The molecule has 5 nitrogen and oxygen atoms in total. The van der Waals surface area contributed by atoms with Crippen LogP contribution >= 0.6 is 0 Å². The number of nitrogens with one attached hydrogen (secondary N) is 2. The van der Waals surface area contributed by atoms with Gasteiger partial charge in [-0.3, -0.25) is 4.79 Å². The number of alkyl halides is 2. The number of amides is 1. The second kappa shape index (κ2) is 7.93. The van der Waals surface area contributed by atoms with Gasteiger partial charge in [-0.1, -0.05) is 6.92 Å². The molecule has 2 N–H and O–H groups in total. The van der Waals surface area contributed by atoms with Crippen molar-refractivity contribution in [2.45, 2.75) is 26.5 Å². The molecular weight excluding hydrogens is 294 g/mol. The van der Waals surface area contributed by atoms with Crippen molar-refractivity contribution in [3.63, 3.8) is 0 Å². The monoisotopic (exact) mass is 314 g/mol. The van der Waals surface area contributed by atoms with Crippen LogP contribution in [-0.4, -0.2) is 32.2 Å². The summed E-state index contributed by atoms with van der Waals surface area (Å²) >= 11 is 0. The molecule has 1 saturated heterocycles. The maximum atomic E-state index is 12.5. The molecule has 2 rings (SSSR count). The lowest BCUT2D eigenvalue weighted by molar-refractivity contribution is -0.126. The number of hydrogen-bond donors (Lipinski definition) is 2. The molecule has 0 aliphatic carbocycles. The number of halogens is 2. The topological polar surface area (TPSA) is 59.6 Å². The van der Waals surface area contributed by atoms with Gasteiger partial charge >= 0.3 is 6.61 Å². The molecule has 7 heteroatoms. The molecule has 0 saturated carbocycles. The van der Waals surface area contributed by atoms with Crippen molar-refractivity contribution < 1.29 is 23.0 Å². The molecule has 0 unspecified atom stereocenters. The molecule has 1 aliphatic heterocycles. The minimum absolute atomic E-state index is 0.0237. The Labute approximate surface area is 128 Å². The lowest BCUT2D eigenvalue weighted by Gasteiger charge is -2.26. The third-order valence-electron chi connectivity index (χ3n) is 3.33. The first-order valence-electron chi connectivity index (χ1n) is 7.29. The second-order valence-electron chi connectivity index (χ2n) is 5.07. The van der Waals surface area contributed by atoms with Gasteiger partial charge in [-0.15, -0.1) is 0 Å². The van der Waals surface area contributed by atoms with E-state index in [0.29, 0.717) is 31.0 Å². The van der Waals surface area contributed by atoms with Crippen LogP contribution in [0.15, 0.2) is 18.2 Å². The van der Waals surface area contributed by atoms with E-state index in [9.17, 15) is 13.6 Å². The van der Waals surface area contributed by atoms with Crippen molar-refractivity contribution in [1.29, 1.82) is 0 Å². The Balaban J connectivity index is 2.01. The SMILES string of the molecule is CCCOc1ccc(CNC(=O)C2CNC2)c(OC(F)F)c1. The highest BCUT2D eigenvalue weighted by molar-refractivity contribution is 5.80. The Kier molecular flexibility index (Phi) is 5.94. The van der Waals surface area contributed by atoms with Crippen LogP contribution in [0.4, 0.5) is 8.78 Å². The summed E-state index contributed by atoms with van der Waals surface area (Å²) in [4.78, 5) is 11.8. The molecule has 0 spiro atoms. The molecule has 1 heterocycles. The van der Waals surface area contributed by atoms with Crippen LogP contribution < -0.4 is 20.1 Å². The van der Waals surface area contributed by atoms with Gasteiger partial charge in [0.2, 0.25) is 5.91 Å². The van der Waals surface area contributed by atoms with Gasteiger partial charge in [0.15, 0.2) is 0 Å². The van der Waals surface area contributed by atoms with Gasteiger partial charge in [0, 0.05) is 31.3 Å². The summed E-state index contributed by atoms with van der Waals surface area (Å²) in [5.41, 5.74) is 0.491. The van der Waals surface area contributed by atoms with Gasteiger partial charge < -0.3 is 20.1 Å². The highest BCUT2D eigenvalue weighted by atomic mass is 19.3. The molecule has 1 fully saturated rings. The summed E-state index contributed by atoms with van der Waals surface area (Å²) < 4.78 is 35.0. The Morgan fingerprint density at radius 1 is 1.45 bits per heavy atom. The van der Waals surface area contributed by atoms with Gasteiger partial charge in [-0.2, -0.15) is 8.78 Å². The van der Waals surface area contributed by atoms with Gasteiger partial charge in [-0.25, -0.2) is 0 Å². The normalized spacial score (nSPS) is 14.5. The summed E-state index contributed by atoms with van der Waals surface area (Å²) in [6.45, 7) is 0.971. The van der Waals surface area contributed by atoms with Crippen molar-refractivity contribution in [3.05, 3.63) is 23.8 Å². The lowest BCUT2D eigenvalue weighted by atomic mass is 10.0. The van der Waals surface area contributed by atoms with Gasteiger partial charge in [-0.05, 0) is 18.6 Å². The molecule has 1 amide bonds. The summed E-state index contributed by atoms with van der Waals surface area (Å²) in [6.07, 6.45) is 0.818. The molecule has 0 atom stereocenters. The number of carbonyl (C=O) groups excluding carboxylic acids is 1. The highest BCUT2D eigenvalue weighted by Crippen LogP contribution is 2.26. The molecule has 0 aromatic heterocycles. The van der Waals surface area contributed by atoms with Crippen LogP contribution in [0.1, 0.15) is 18.9 Å². The zero-order valence-electron chi connectivity index (χ0n) is 12.4. The standard InChI is InChI=1S/C15H20F2N2O3/c1-2-5-21-12-4-3-10(13(6-12)22-15(16)17)9-19-14(20)11-7-18-8-11/h3-4,6,11,15,18H,2,5,7-9H2,1H3,(H,19,20). The third-order valence-corrected chi connectivity index (χ3v) is 3.33. The summed E-state index contributed by atoms with van der Waals surface area (Å²) in [5, 5.41) is 5.74. The molecule has 22 heavy (non-hydrogen) atoms. The molecule has 1 aromatic rings. The van der Waals surface area contributed by atoms with E-state index in [-0.39, 0.29) is 24.1 Å². The van der Waals surface area contributed by atoms with E-state index >= 15 is 0 Å². The Hall–Kier alpha value is -1.89. The number of ether oxygens (including phenoxy) is 2. The quantitative estimate of drug-likeness (QED) is 0.769. The number of carbonyl (C=O) groups is 1. The van der Waals surface area contributed by atoms with E-state index in [2.05, 4.69) is 15.4 Å². The van der Waals surface area contributed by atoms with Gasteiger partial charge in [0.25, 0.3) is 0 Å². The summed E-state index contributed by atoms with van der Waals surface area (Å²) in [7, 11) is 0. The van der Waals surface area contributed by atoms with E-state index < -0.39 is 6.61 Å². The van der Waals surface area contributed by atoms with Crippen molar-refractivity contribution in [3.8, 4) is 11.5 Å². The van der Waals surface area contributed by atoms with Crippen LogP contribution in [0.2, 0.25) is 0 Å². The fourth-order valence-corrected chi connectivity index (χ4v) is 2.00. The summed E-state index contributed by atoms with van der Waals surface area (Å²) in [5.74, 6) is 0.353. The number of hydrogen-bond acceptors (Lipinski definition) is 4. The minimum atomic E-state index is -2.92. The van der Waals surface area contributed by atoms with Crippen LogP contribution in [-0.2, 0) is 11.3 Å². The van der Waals surface area contributed by atoms with E-state index in [0.717, 1.165) is 6.42 Å². The van der Waals surface area contributed by atoms with Crippen molar-refractivity contribution >= 4 is 5.91 Å². The summed E-state index contributed by atoms with van der Waals surface area (Å²) in [6, 6.07) is 4.73. The van der Waals surface area contributed by atoms with E-state index in [1.165, 1.54) is 6.07 Å². The number of benzene rings is 1. The Morgan fingerprint density at radius 2 is 2.23 bits per heavy atom. The van der Waals surface area contributed by atoms with Crippen molar-refractivity contribution in [2.24, 2.45) is 5.92 Å². The second-order valence-corrected chi connectivity index (χ2v) is 5.07. The maximum absolute atomic E-state index is 12.5. The molecule has 0 radical (unpaired) electrons. The molecule has 1 aromatic carbocycles. The zero-order chi connectivity index (χ0) is 15.9. The van der Waals surface area contributed by atoms with E-state index in [1.807, 2.05) is 6.92 Å². The fourth-order valence-electron chi connectivity index (χ4n) is 2.00. The van der Waals surface area contributed by atoms with Crippen molar-refractivity contribution in [2.75, 3.05) is 19.7 Å². The largest absolute Gasteiger partial charge is 0.493 e. The fraction of sp³-hybridized carbons (Fsp3) is 0.533. The first-order valence-corrected chi connectivity index (χ1v) is 7.29. The third kappa shape index (κ3) is 4.56. The predicted molar refractivity (Wildman–Crippen MR) is 77.1 cm³/mol. The average Bonchev–Trinajstić information content (AvgIpc) is 2.41. The first kappa shape index (κ1) is 16.5. The smallest absolute Gasteiger partial charge is 0.387 e. The van der Waals surface area contributed by atoms with Gasteiger partial charge in [0.1, 0.15) is 11.5 Å². The first-order chi connectivity index (χ1) is 10.6. The van der Waals surface area contributed by atoms with E-state index in [1.54, 1.807) is 12.1 Å². The predicted octanol–water partition coefficient (Wildman–Crippen LogP) is 1.91. The lowest BCUT2D eigenvalue weighted by Crippen LogP contribution is -2.50. The molecule has 0 bridgehead atoms. The Morgan fingerprint density at radius 3 is 2.82 bits per heavy atom. The Bertz CT molecular complexity index is 508. The minimum Gasteiger partial charge on any atom is -0.493 e. The van der Waals surface area contributed by atoms with Crippen LogP contribution in [0.5, 0.6) is 11.5 Å². The van der Waals surface area contributed by atoms with Crippen molar-refractivity contribution in [1.82, 2.24) is 10.6 Å². The zero-order valence-corrected chi connectivity index (χ0v) is 12.4.